The topological polar surface area (TPSA) is 46.2 Å². The minimum absolute atomic E-state index is 0.0138. The number of rotatable bonds is 5. The number of alkyl halides is 1. The minimum Gasteiger partial charge on any atom is -0.215 e. The molecule has 0 spiro atoms. The first-order valence-electron chi connectivity index (χ1n) is 3.99. The van der Waals surface area contributed by atoms with Crippen molar-refractivity contribution in [2.45, 2.75) is 37.8 Å². The monoisotopic (exact) mass is 213 g/mol. The molecule has 0 fully saturated rings. The Balaban J connectivity index is 3.79. The van der Waals surface area contributed by atoms with Gasteiger partial charge in [-0.3, -0.25) is 0 Å². The number of hydrogen-bond acceptors (Lipinski definition) is 2. The van der Waals surface area contributed by atoms with Gasteiger partial charge in [0.25, 0.3) is 0 Å². The van der Waals surface area contributed by atoms with Crippen LogP contribution < -0.4 is 4.72 Å². The molecular formula is C7H16ClNO2S. The largest absolute Gasteiger partial charge is 0.215 e. The molecule has 0 rings (SSSR count). The molecule has 0 saturated heterocycles. The standard InChI is InChI=1S/C7H16ClNO2S/c1-6(2)12(10,11)9-5-4-7(3)8/h6-7,9H,4-5H2,1-3H3. The third-order valence-corrected chi connectivity index (χ3v) is 3.53. The van der Waals surface area contributed by atoms with Crippen LogP contribution in [-0.4, -0.2) is 25.6 Å². The van der Waals surface area contributed by atoms with Crippen LogP contribution in [0.2, 0.25) is 0 Å². The third kappa shape index (κ3) is 4.95. The Morgan fingerprint density at radius 2 is 1.83 bits per heavy atom. The zero-order valence-electron chi connectivity index (χ0n) is 7.67. The summed E-state index contributed by atoms with van der Waals surface area (Å²) in [6.45, 7) is 5.55. The zero-order valence-corrected chi connectivity index (χ0v) is 9.24. The fraction of sp³-hybridized carbons (Fsp3) is 1.00. The van der Waals surface area contributed by atoms with Gasteiger partial charge in [-0.05, 0) is 27.2 Å². The first kappa shape index (κ1) is 12.2. The first-order valence-corrected chi connectivity index (χ1v) is 5.97. The van der Waals surface area contributed by atoms with Crippen LogP contribution in [0.3, 0.4) is 0 Å². The Bertz CT molecular complexity index is 211. The molecule has 0 aliphatic heterocycles. The van der Waals surface area contributed by atoms with Gasteiger partial charge in [0, 0.05) is 11.9 Å². The summed E-state index contributed by atoms with van der Waals surface area (Å²) in [5.74, 6) is 0. The van der Waals surface area contributed by atoms with Crippen LogP contribution in [0.15, 0.2) is 0 Å². The molecule has 1 unspecified atom stereocenters. The Morgan fingerprint density at radius 3 is 2.17 bits per heavy atom. The van der Waals surface area contributed by atoms with Gasteiger partial charge in [0.15, 0.2) is 0 Å². The van der Waals surface area contributed by atoms with Gasteiger partial charge < -0.3 is 0 Å². The second-order valence-electron chi connectivity index (χ2n) is 3.06. The van der Waals surface area contributed by atoms with Crippen molar-refractivity contribution < 1.29 is 8.42 Å². The maximum absolute atomic E-state index is 11.2. The number of halogens is 1. The lowest BCUT2D eigenvalue weighted by atomic mass is 10.3. The molecule has 0 heterocycles. The average molecular weight is 214 g/mol. The van der Waals surface area contributed by atoms with E-state index in [1.165, 1.54) is 0 Å². The summed E-state index contributed by atoms with van der Waals surface area (Å²) in [5.41, 5.74) is 0. The van der Waals surface area contributed by atoms with E-state index in [0.717, 1.165) is 0 Å². The van der Waals surface area contributed by atoms with Gasteiger partial charge >= 0.3 is 0 Å². The quantitative estimate of drug-likeness (QED) is 0.701. The van der Waals surface area contributed by atoms with Gasteiger partial charge in [0.2, 0.25) is 10.0 Å². The molecule has 0 amide bonds. The summed E-state index contributed by atoms with van der Waals surface area (Å²) in [4.78, 5) is 0. The highest BCUT2D eigenvalue weighted by Crippen LogP contribution is 2.00. The average Bonchev–Trinajstić information content (AvgIpc) is 1.85. The summed E-state index contributed by atoms with van der Waals surface area (Å²) in [6.07, 6.45) is 0.660. The van der Waals surface area contributed by atoms with Gasteiger partial charge in [-0.1, -0.05) is 0 Å². The molecule has 12 heavy (non-hydrogen) atoms. The Labute approximate surface area is 79.5 Å². The molecule has 3 nitrogen and oxygen atoms in total. The van der Waals surface area contributed by atoms with E-state index in [2.05, 4.69) is 4.72 Å². The summed E-state index contributed by atoms with van der Waals surface area (Å²) >= 11 is 5.65. The number of hydrogen-bond donors (Lipinski definition) is 1. The van der Waals surface area contributed by atoms with Gasteiger partial charge in [-0.25, -0.2) is 13.1 Å². The molecule has 0 saturated carbocycles. The maximum Gasteiger partial charge on any atom is 0.213 e. The van der Waals surface area contributed by atoms with E-state index in [1.54, 1.807) is 13.8 Å². The van der Waals surface area contributed by atoms with Crippen LogP contribution in [0.4, 0.5) is 0 Å². The van der Waals surface area contributed by atoms with Crippen LogP contribution in [0.5, 0.6) is 0 Å². The van der Waals surface area contributed by atoms with Gasteiger partial charge in [-0.15, -0.1) is 11.6 Å². The third-order valence-electron chi connectivity index (χ3n) is 1.47. The highest BCUT2D eigenvalue weighted by molar-refractivity contribution is 7.90. The second kappa shape index (κ2) is 5.04. The van der Waals surface area contributed by atoms with E-state index in [0.29, 0.717) is 13.0 Å². The van der Waals surface area contributed by atoms with E-state index in [-0.39, 0.29) is 10.6 Å². The van der Waals surface area contributed by atoms with Crippen molar-refractivity contribution in [1.82, 2.24) is 4.72 Å². The molecule has 0 aliphatic rings. The normalized spacial score (nSPS) is 15.1. The van der Waals surface area contributed by atoms with E-state index in [1.807, 2.05) is 6.92 Å². The van der Waals surface area contributed by atoms with Crippen LogP contribution >= 0.6 is 11.6 Å². The lowest BCUT2D eigenvalue weighted by Crippen LogP contribution is -2.32. The van der Waals surface area contributed by atoms with E-state index >= 15 is 0 Å². The van der Waals surface area contributed by atoms with Crippen molar-refractivity contribution in [2.24, 2.45) is 0 Å². The minimum atomic E-state index is -3.10. The molecule has 0 aromatic carbocycles. The molecule has 0 aliphatic carbocycles. The number of nitrogens with one attached hydrogen (secondary N) is 1. The number of sulfonamides is 1. The van der Waals surface area contributed by atoms with E-state index < -0.39 is 10.0 Å². The second-order valence-corrected chi connectivity index (χ2v) is 6.12. The van der Waals surface area contributed by atoms with Gasteiger partial charge in [-0.2, -0.15) is 0 Å². The molecular weight excluding hydrogens is 198 g/mol. The van der Waals surface area contributed by atoms with Crippen LogP contribution in [0.25, 0.3) is 0 Å². The molecule has 1 atom stereocenters. The Kier molecular flexibility index (Phi) is 5.13. The van der Waals surface area contributed by atoms with Gasteiger partial charge in [0.05, 0.1) is 5.25 Å². The predicted molar refractivity (Wildman–Crippen MR) is 52.0 cm³/mol. The Hall–Kier alpha value is 0.200. The highest BCUT2D eigenvalue weighted by Gasteiger charge is 2.14. The van der Waals surface area contributed by atoms with Crippen molar-refractivity contribution in [3.8, 4) is 0 Å². The van der Waals surface area contributed by atoms with Crippen molar-refractivity contribution in [2.75, 3.05) is 6.54 Å². The summed E-state index contributed by atoms with van der Waals surface area (Å²) in [6, 6.07) is 0. The van der Waals surface area contributed by atoms with Gasteiger partial charge in [0.1, 0.15) is 0 Å². The molecule has 1 N–H and O–H groups in total. The van der Waals surface area contributed by atoms with Crippen molar-refractivity contribution in [3.05, 3.63) is 0 Å². The van der Waals surface area contributed by atoms with E-state index in [4.69, 9.17) is 11.6 Å². The van der Waals surface area contributed by atoms with Crippen LogP contribution in [-0.2, 0) is 10.0 Å². The summed E-state index contributed by atoms with van der Waals surface area (Å²) in [7, 11) is -3.10. The molecule has 0 radical (unpaired) electrons. The first-order chi connectivity index (χ1) is 5.36. The molecule has 0 bridgehead atoms. The van der Waals surface area contributed by atoms with E-state index in [9.17, 15) is 8.42 Å². The van der Waals surface area contributed by atoms with Crippen molar-refractivity contribution in [1.29, 1.82) is 0 Å². The molecule has 0 aromatic rings. The fourth-order valence-corrected chi connectivity index (χ4v) is 1.41. The predicted octanol–water partition coefficient (Wildman–Crippen LogP) is 1.33. The Morgan fingerprint density at radius 1 is 1.33 bits per heavy atom. The fourth-order valence-electron chi connectivity index (χ4n) is 0.567. The highest BCUT2D eigenvalue weighted by atomic mass is 35.5. The lowest BCUT2D eigenvalue weighted by molar-refractivity contribution is 0.569. The zero-order chi connectivity index (χ0) is 9.78. The molecule has 74 valence electrons. The van der Waals surface area contributed by atoms with Crippen molar-refractivity contribution in [3.63, 3.8) is 0 Å². The molecule has 0 aromatic heterocycles. The van der Waals surface area contributed by atoms with Crippen molar-refractivity contribution >= 4 is 21.6 Å². The van der Waals surface area contributed by atoms with Crippen LogP contribution in [0.1, 0.15) is 27.2 Å². The smallest absolute Gasteiger partial charge is 0.213 e. The summed E-state index contributed by atoms with van der Waals surface area (Å²) < 4.78 is 24.8. The summed E-state index contributed by atoms with van der Waals surface area (Å²) in [5, 5.41) is -0.358. The van der Waals surface area contributed by atoms with Crippen LogP contribution in [0, 0.1) is 0 Å². The molecule has 5 heteroatoms. The maximum atomic E-state index is 11.2. The lowest BCUT2D eigenvalue weighted by Gasteiger charge is -2.09. The SMILES string of the molecule is CC(Cl)CCNS(=O)(=O)C(C)C.